The van der Waals surface area contributed by atoms with Gasteiger partial charge in [0, 0.05) is 33.7 Å². The highest BCUT2D eigenvalue weighted by Crippen LogP contribution is 2.31. The van der Waals surface area contributed by atoms with E-state index in [4.69, 9.17) is 15.0 Å². The smallest absolute Gasteiger partial charge is 0.255 e. The van der Waals surface area contributed by atoms with Crippen molar-refractivity contribution in [2.45, 2.75) is 38.3 Å². The molecule has 1 saturated heterocycles. The highest BCUT2D eigenvalue weighted by Gasteiger charge is 2.27. The van der Waals surface area contributed by atoms with Gasteiger partial charge in [-0.1, -0.05) is 5.11 Å². The van der Waals surface area contributed by atoms with E-state index in [9.17, 15) is 9.18 Å². The van der Waals surface area contributed by atoms with Crippen molar-refractivity contribution in [3.63, 3.8) is 0 Å². The largest absolute Gasteiger partial charge is 0.496 e. The van der Waals surface area contributed by atoms with Crippen LogP contribution in [0.1, 0.15) is 36.5 Å². The molecule has 1 N–H and O–H groups in total. The van der Waals surface area contributed by atoms with Crippen molar-refractivity contribution in [3.8, 4) is 11.5 Å². The average molecular weight is 567 g/mol. The number of benzene rings is 2. The monoisotopic (exact) mass is 567 g/mol. The van der Waals surface area contributed by atoms with Crippen LogP contribution in [0.25, 0.3) is 10.4 Å². The van der Waals surface area contributed by atoms with Crippen LogP contribution in [-0.4, -0.2) is 49.7 Å². The highest BCUT2D eigenvalue weighted by molar-refractivity contribution is 14.1. The van der Waals surface area contributed by atoms with Gasteiger partial charge in [-0.3, -0.25) is 4.79 Å². The third-order valence-electron chi connectivity index (χ3n) is 5.69. The molecular weight excluding hydrogens is 540 g/mol. The maximum atomic E-state index is 13.0. The lowest BCUT2D eigenvalue weighted by atomic mass is 9.97. The molecule has 1 aliphatic rings. The first kappa shape index (κ1) is 25.1. The summed E-state index contributed by atoms with van der Waals surface area (Å²) in [4.78, 5) is 18.1. The zero-order valence-electron chi connectivity index (χ0n) is 18.6. The van der Waals surface area contributed by atoms with E-state index in [1.54, 1.807) is 24.3 Å². The van der Waals surface area contributed by atoms with E-state index in [0.29, 0.717) is 39.0 Å². The molecule has 10 heteroatoms. The van der Waals surface area contributed by atoms with E-state index in [1.165, 1.54) is 19.2 Å². The zero-order chi connectivity index (χ0) is 23.8. The van der Waals surface area contributed by atoms with Crippen molar-refractivity contribution in [3.05, 3.63) is 61.8 Å². The maximum Gasteiger partial charge on any atom is 0.255 e. The Morgan fingerprint density at radius 2 is 2.12 bits per heavy atom. The Balaban J connectivity index is 1.48. The first-order valence-corrected chi connectivity index (χ1v) is 11.8. The summed E-state index contributed by atoms with van der Waals surface area (Å²) >= 11 is 2.04. The summed E-state index contributed by atoms with van der Waals surface area (Å²) in [5.41, 5.74) is 9.54. The molecule has 3 rings (SSSR count). The van der Waals surface area contributed by atoms with Gasteiger partial charge >= 0.3 is 0 Å². The minimum Gasteiger partial charge on any atom is -0.496 e. The quantitative estimate of drug-likeness (QED) is 0.144. The first-order chi connectivity index (χ1) is 15.9. The van der Waals surface area contributed by atoms with Gasteiger partial charge in [-0.05, 0) is 90.7 Å². The molecule has 2 aromatic carbocycles. The molecule has 1 fully saturated rings. The number of piperidine rings is 1. The number of amides is 1. The summed E-state index contributed by atoms with van der Waals surface area (Å²) in [6.45, 7) is 4.51. The lowest BCUT2D eigenvalue weighted by molar-refractivity contribution is 0.0866. The third kappa shape index (κ3) is 6.96. The van der Waals surface area contributed by atoms with E-state index in [2.05, 4.69) is 27.2 Å². The number of nitrogens with zero attached hydrogens (tertiary/aromatic N) is 4. The number of likely N-dealkylation sites (tertiary alicyclic amines) is 1. The van der Waals surface area contributed by atoms with Gasteiger partial charge in [0.15, 0.2) is 0 Å². The minimum atomic E-state index is -0.274. The summed E-state index contributed by atoms with van der Waals surface area (Å²) in [6.07, 6.45) is 2.57. The molecule has 0 saturated carbocycles. The number of rotatable bonds is 9. The van der Waals surface area contributed by atoms with Crippen molar-refractivity contribution in [1.29, 1.82) is 0 Å². The summed E-state index contributed by atoms with van der Waals surface area (Å²) in [7, 11) is 1.49. The second-order valence-corrected chi connectivity index (χ2v) is 9.09. The van der Waals surface area contributed by atoms with E-state index in [0.717, 1.165) is 32.4 Å². The number of ether oxygens (including phenoxy) is 2. The minimum absolute atomic E-state index is 0.0680. The van der Waals surface area contributed by atoms with Gasteiger partial charge < -0.3 is 19.7 Å². The molecule has 2 aromatic rings. The van der Waals surface area contributed by atoms with Gasteiger partial charge in [0.05, 0.1) is 25.0 Å². The molecule has 2 atom stereocenters. The second kappa shape index (κ2) is 12.1. The van der Waals surface area contributed by atoms with Crippen molar-refractivity contribution in [2.75, 3.05) is 26.8 Å². The summed E-state index contributed by atoms with van der Waals surface area (Å²) in [6, 6.07) is 9.69. The van der Waals surface area contributed by atoms with Crippen molar-refractivity contribution in [2.24, 2.45) is 5.11 Å². The van der Waals surface area contributed by atoms with Crippen molar-refractivity contribution < 1.29 is 18.7 Å². The molecule has 8 nitrogen and oxygen atoms in total. The number of methoxy groups -OCH3 is 1. The fourth-order valence-electron chi connectivity index (χ4n) is 3.95. The number of halogens is 2. The number of carbonyl (C=O) groups excluding carboxylic acids is 1. The predicted molar refractivity (Wildman–Crippen MR) is 133 cm³/mol. The van der Waals surface area contributed by atoms with Crippen LogP contribution >= 0.6 is 22.6 Å². The van der Waals surface area contributed by atoms with Crippen LogP contribution < -0.4 is 14.8 Å². The third-order valence-corrected chi connectivity index (χ3v) is 6.55. The molecule has 1 heterocycles. The fraction of sp³-hybridized carbons (Fsp3) is 0.435. The Morgan fingerprint density at radius 1 is 1.36 bits per heavy atom. The predicted octanol–water partition coefficient (Wildman–Crippen LogP) is 5.43. The number of azide groups is 1. The summed E-state index contributed by atoms with van der Waals surface area (Å²) < 4.78 is 24.7. The molecule has 1 aliphatic heterocycles. The van der Waals surface area contributed by atoms with Crippen LogP contribution in [0.2, 0.25) is 0 Å². The second-order valence-electron chi connectivity index (χ2n) is 7.93. The number of nitrogens with one attached hydrogen (secondary N) is 1. The Kier molecular flexibility index (Phi) is 9.16. The van der Waals surface area contributed by atoms with E-state index < -0.39 is 0 Å². The molecule has 0 spiro atoms. The molecule has 1 amide bonds. The van der Waals surface area contributed by atoms with Gasteiger partial charge in [-0.15, -0.1) is 0 Å². The Morgan fingerprint density at radius 3 is 2.79 bits per heavy atom. The van der Waals surface area contributed by atoms with Crippen LogP contribution in [0.4, 0.5) is 10.1 Å². The number of hydrogen-bond donors (Lipinski definition) is 1. The van der Waals surface area contributed by atoms with Crippen LogP contribution in [0.5, 0.6) is 11.5 Å². The molecule has 176 valence electrons. The molecule has 2 unspecified atom stereocenters. The topological polar surface area (TPSA) is 99.6 Å². The Bertz CT molecular complexity index is 1010. The van der Waals surface area contributed by atoms with Crippen molar-refractivity contribution >= 4 is 34.2 Å². The Labute approximate surface area is 206 Å². The van der Waals surface area contributed by atoms with Crippen molar-refractivity contribution in [1.82, 2.24) is 10.2 Å². The van der Waals surface area contributed by atoms with Gasteiger partial charge in [0.25, 0.3) is 5.91 Å². The normalized spacial score (nSPS) is 18.3. The Hall–Kier alpha value is -2.56. The van der Waals surface area contributed by atoms with Gasteiger partial charge in [-0.2, -0.15) is 0 Å². The SMILES string of the molecule is COc1cc(N=[N+]=[N-])c(I)cc1C(=O)NC1CCN(CCCOc2ccc(F)cc2)C(C)C1. The highest BCUT2D eigenvalue weighted by atomic mass is 127. The fourth-order valence-corrected chi connectivity index (χ4v) is 4.52. The zero-order valence-corrected chi connectivity index (χ0v) is 20.8. The van der Waals surface area contributed by atoms with E-state index in [1.807, 2.05) is 22.6 Å². The van der Waals surface area contributed by atoms with Gasteiger partial charge in [-0.25, -0.2) is 4.39 Å². The lowest BCUT2D eigenvalue weighted by Gasteiger charge is -2.38. The van der Waals surface area contributed by atoms with E-state index >= 15 is 0 Å². The van der Waals surface area contributed by atoms with E-state index in [-0.39, 0.29) is 17.8 Å². The van der Waals surface area contributed by atoms with Crippen LogP contribution in [-0.2, 0) is 0 Å². The summed E-state index contributed by atoms with van der Waals surface area (Å²) in [5.74, 6) is 0.575. The molecule has 33 heavy (non-hydrogen) atoms. The average Bonchev–Trinajstić information content (AvgIpc) is 2.80. The molecular formula is C23H27FIN5O3. The van der Waals surface area contributed by atoms with Gasteiger partial charge in [0.1, 0.15) is 17.3 Å². The van der Waals surface area contributed by atoms with Crippen LogP contribution in [0.15, 0.2) is 41.5 Å². The lowest BCUT2D eigenvalue weighted by Crippen LogP contribution is -2.49. The van der Waals surface area contributed by atoms with Crippen LogP contribution in [0.3, 0.4) is 0 Å². The van der Waals surface area contributed by atoms with Crippen LogP contribution in [0, 0.1) is 9.39 Å². The molecule has 0 radical (unpaired) electrons. The molecule has 0 aliphatic carbocycles. The number of hydrogen-bond acceptors (Lipinski definition) is 5. The molecule has 0 bridgehead atoms. The summed E-state index contributed by atoms with van der Waals surface area (Å²) in [5, 5.41) is 6.76. The number of carbonyl (C=O) groups is 1. The van der Waals surface area contributed by atoms with Gasteiger partial charge in [0.2, 0.25) is 0 Å². The standard InChI is InChI=1S/C23H27FIN5O3/c1-15-12-17(8-10-30(15)9-3-11-33-18-6-4-16(24)5-7-18)27-23(31)19-13-20(25)21(28-29-26)14-22(19)32-2/h4-7,13-15,17H,3,8-12H2,1-2H3,(H,27,31). The maximum absolute atomic E-state index is 13.0. The first-order valence-electron chi connectivity index (χ1n) is 10.8. The molecule has 0 aromatic heterocycles.